The summed E-state index contributed by atoms with van der Waals surface area (Å²) in [6, 6.07) is 0.246. The average Bonchev–Trinajstić information content (AvgIpc) is 2.38. The van der Waals surface area contributed by atoms with Crippen LogP contribution >= 0.6 is 24.0 Å². The third-order valence-corrected chi connectivity index (χ3v) is 3.48. The molecule has 0 amide bonds. The van der Waals surface area contributed by atoms with Crippen molar-refractivity contribution in [2.45, 2.75) is 19.9 Å². The second-order valence-electron chi connectivity index (χ2n) is 5.29. The Balaban J connectivity index is 0.00000220. The van der Waals surface area contributed by atoms with Crippen LogP contribution in [0.5, 0.6) is 5.75 Å². The molecule has 120 valence electrons. The van der Waals surface area contributed by atoms with Crippen LogP contribution in [0.25, 0.3) is 0 Å². The van der Waals surface area contributed by atoms with Gasteiger partial charge in [0.05, 0.1) is 7.11 Å². The number of ether oxygens (including phenoxy) is 1. The van der Waals surface area contributed by atoms with Gasteiger partial charge in [0.2, 0.25) is 5.95 Å². The highest BCUT2D eigenvalue weighted by Gasteiger charge is 2.21. The fourth-order valence-electron chi connectivity index (χ4n) is 2.11. The van der Waals surface area contributed by atoms with Gasteiger partial charge in [0.25, 0.3) is 0 Å². The van der Waals surface area contributed by atoms with Crippen molar-refractivity contribution in [3.05, 3.63) is 5.15 Å². The van der Waals surface area contributed by atoms with Gasteiger partial charge in [-0.1, -0.05) is 11.6 Å². The summed E-state index contributed by atoms with van der Waals surface area (Å²) < 4.78 is 5.29. The van der Waals surface area contributed by atoms with E-state index in [4.69, 9.17) is 16.3 Å². The summed E-state index contributed by atoms with van der Waals surface area (Å²) in [7, 11) is 3.69. The molecule has 0 spiro atoms. The summed E-state index contributed by atoms with van der Waals surface area (Å²) in [4.78, 5) is 13.4. The molecule has 1 fully saturated rings. The second-order valence-corrected chi connectivity index (χ2v) is 5.64. The smallest absolute Gasteiger partial charge is 0.229 e. The van der Waals surface area contributed by atoms with Crippen molar-refractivity contribution in [1.82, 2.24) is 14.9 Å². The molecule has 21 heavy (non-hydrogen) atoms. The molecule has 8 heteroatoms. The Kier molecular flexibility index (Phi) is 6.77. The van der Waals surface area contributed by atoms with Gasteiger partial charge >= 0.3 is 0 Å². The minimum Gasteiger partial charge on any atom is -0.490 e. The predicted molar refractivity (Wildman–Crippen MR) is 89.3 cm³/mol. The van der Waals surface area contributed by atoms with Gasteiger partial charge in [-0.25, -0.2) is 0 Å². The molecule has 2 heterocycles. The van der Waals surface area contributed by atoms with E-state index in [-0.39, 0.29) is 18.4 Å². The normalized spacial score (nSPS) is 15.8. The number of halogens is 2. The third kappa shape index (κ3) is 4.49. The number of nitrogens with one attached hydrogen (secondary N) is 1. The lowest BCUT2D eigenvalue weighted by atomic mass is 10.3. The van der Waals surface area contributed by atoms with Crippen LogP contribution in [0.15, 0.2) is 0 Å². The number of likely N-dealkylation sites (N-methyl/N-ethyl adjacent to an activating group) is 1. The number of piperazine rings is 1. The topological polar surface area (TPSA) is 53.5 Å². The van der Waals surface area contributed by atoms with Gasteiger partial charge in [-0.05, 0) is 20.9 Å². The molecule has 0 unspecified atom stereocenters. The Labute approximate surface area is 137 Å². The minimum atomic E-state index is 0. The van der Waals surface area contributed by atoms with E-state index in [2.05, 4.69) is 32.1 Å². The zero-order valence-electron chi connectivity index (χ0n) is 12.9. The third-order valence-electron chi connectivity index (χ3n) is 3.23. The molecular formula is C13H23Cl2N5O. The first-order valence-electron chi connectivity index (χ1n) is 6.82. The Bertz CT molecular complexity index is 464. The van der Waals surface area contributed by atoms with E-state index in [0.29, 0.717) is 22.7 Å². The first-order valence-corrected chi connectivity index (χ1v) is 7.20. The van der Waals surface area contributed by atoms with Gasteiger partial charge in [0.1, 0.15) is 0 Å². The standard InChI is InChI=1S/C13H22ClN5O.ClH/c1-9(2)15-12-10(20-4)11(14)16-13(17-12)19-7-5-18(3)6-8-19;/h9H,5-8H2,1-4H3,(H,15,16,17);1H. The lowest BCUT2D eigenvalue weighted by Gasteiger charge is -2.32. The first-order chi connectivity index (χ1) is 9.51. The molecule has 0 aliphatic carbocycles. The summed E-state index contributed by atoms with van der Waals surface area (Å²) >= 11 is 6.21. The number of nitrogens with zero attached hydrogens (tertiary/aromatic N) is 4. The van der Waals surface area contributed by atoms with Gasteiger partial charge in [-0.2, -0.15) is 9.97 Å². The summed E-state index contributed by atoms with van der Waals surface area (Å²) in [5, 5.41) is 3.60. The number of methoxy groups -OCH3 is 1. The SMILES string of the molecule is COc1c(Cl)nc(N2CCN(C)CC2)nc1NC(C)C.Cl. The summed E-state index contributed by atoms with van der Waals surface area (Å²) in [5.41, 5.74) is 0. The molecule has 1 saturated heterocycles. The molecule has 1 aliphatic heterocycles. The molecule has 1 N–H and O–H groups in total. The van der Waals surface area contributed by atoms with E-state index in [1.54, 1.807) is 7.11 Å². The Hall–Kier alpha value is -0.980. The Morgan fingerprint density at radius 3 is 2.33 bits per heavy atom. The molecule has 0 radical (unpaired) electrons. The summed E-state index contributed by atoms with van der Waals surface area (Å²) in [5.74, 6) is 1.81. The number of anilines is 2. The van der Waals surface area contributed by atoms with Crippen molar-refractivity contribution < 1.29 is 4.74 Å². The molecule has 1 aliphatic rings. The van der Waals surface area contributed by atoms with Crippen molar-refractivity contribution in [2.75, 3.05) is 50.6 Å². The van der Waals surface area contributed by atoms with Gasteiger partial charge in [-0.3, -0.25) is 0 Å². The summed E-state index contributed by atoms with van der Waals surface area (Å²) in [6.45, 7) is 7.90. The van der Waals surface area contributed by atoms with Gasteiger partial charge < -0.3 is 19.9 Å². The van der Waals surface area contributed by atoms with Crippen LogP contribution in [-0.4, -0.2) is 61.2 Å². The molecule has 2 rings (SSSR count). The maximum Gasteiger partial charge on any atom is 0.229 e. The van der Waals surface area contributed by atoms with E-state index in [1.807, 2.05) is 13.8 Å². The molecule has 1 aromatic rings. The van der Waals surface area contributed by atoms with Crippen molar-refractivity contribution in [1.29, 1.82) is 0 Å². The van der Waals surface area contributed by atoms with E-state index in [1.165, 1.54) is 0 Å². The fourth-order valence-corrected chi connectivity index (χ4v) is 2.35. The largest absolute Gasteiger partial charge is 0.490 e. The highest BCUT2D eigenvalue weighted by molar-refractivity contribution is 6.31. The lowest BCUT2D eigenvalue weighted by molar-refractivity contribution is 0.311. The van der Waals surface area contributed by atoms with Crippen LogP contribution in [-0.2, 0) is 0 Å². The van der Waals surface area contributed by atoms with Crippen molar-refractivity contribution in [2.24, 2.45) is 0 Å². The highest BCUT2D eigenvalue weighted by Crippen LogP contribution is 2.32. The zero-order valence-corrected chi connectivity index (χ0v) is 14.5. The van der Waals surface area contributed by atoms with Gasteiger partial charge in [0, 0.05) is 32.2 Å². The van der Waals surface area contributed by atoms with E-state index >= 15 is 0 Å². The number of rotatable bonds is 4. The average molecular weight is 336 g/mol. The van der Waals surface area contributed by atoms with Crippen LogP contribution in [0.1, 0.15) is 13.8 Å². The second kappa shape index (κ2) is 7.87. The molecule has 1 aromatic heterocycles. The maximum atomic E-state index is 6.21. The number of hydrogen-bond donors (Lipinski definition) is 1. The number of hydrogen-bond acceptors (Lipinski definition) is 6. The van der Waals surface area contributed by atoms with Crippen LogP contribution in [0.4, 0.5) is 11.8 Å². The first kappa shape index (κ1) is 18.1. The summed E-state index contributed by atoms with van der Waals surface area (Å²) in [6.07, 6.45) is 0. The van der Waals surface area contributed by atoms with Crippen LogP contribution in [0.3, 0.4) is 0 Å². The van der Waals surface area contributed by atoms with E-state index in [0.717, 1.165) is 26.2 Å². The number of aromatic nitrogens is 2. The highest BCUT2D eigenvalue weighted by atomic mass is 35.5. The Morgan fingerprint density at radius 2 is 1.81 bits per heavy atom. The predicted octanol–water partition coefficient (Wildman–Crippen LogP) is 2.13. The monoisotopic (exact) mass is 335 g/mol. The quantitative estimate of drug-likeness (QED) is 0.850. The molecule has 6 nitrogen and oxygen atoms in total. The molecule has 0 atom stereocenters. The minimum absolute atomic E-state index is 0. The van der Waals surface area contributed by atoms with E-state index < -0.39 is 0 Å². The molecule has 0 saturated carbocycles. The van der Waals surface area contributed by atoms with Crippen molar-refractivity contribution in [3.63, 3.8) is 0 Å². The zero-order chi connectivity index (χ0) is 14.7. The van der Waals surface area contributed by atoms with Crippen LogP contribution in [0, 0.1) is 0 Å². The van der Waals surface area contributed by atoms with Crippen LogP contribution < -0.4 is 15.0 Å². The van der Waals surface area contributed by atoms with Gasteiger partial charge in [-0.15, -0.1) is 12.4 Å². The molecular weight excluding hydrogens is 313 g/mol. The maximum absolute atomic E-state index is 6.21. The van der Waals surface area contributed by atoms with E-state index in [9.17, 15) is 0 Å². The van der Waals surface area contributed by atoms with Crippen molar-refractivity contribution >= 4 is 35.8 Å². The van der Waals surface area contributed by atoms with Crippen LogP contribution in [0.2, 0.25) is 5.15 Å². The molecule has 0 aromatic carbocycles. The molecule has 0 bridgehead atoms. The fraction of sp³-hybridized carbons (Fsp3) is 0.692. The van der Waals surface area contributed by atoms with Gasteiger partial charge in [0.15, 0.2) is 16.7 Å². The Morgan fingerprint density at radius 1 is 1.19 bits per heavy atom. The lowest BCUT2D eigenvalue weighted by Crippen LogP contribution is -2.45. The van der Waals surface area contributed by atoms with Crippen molar-refractivity contribution in [3.8, 4) is 5.75 Å².